The Hall–Kier alpha value is -2.19. The van der Waals surface area contributed by atoms with E-state index in [2.05, 4.69) is 14.8 Å². The van der Waals surface area contributed by atoms with Crippen molar-refractivity contribution in [3.05, 3.63) is 58.2 Å². The summed E-state index contributed by atoms with van der Waals surface area (Å²) in [6, 6.07) is 7.25. The van der Waals surface area contributed by atoms with Gasteiger partial charge in [-0.2, -0.15) is 5.10 Å². The van der Waals surface area contributed by atoms with E-state index >= 15 is 0 Å². The van der Waals surface area contributed by atoms with Crippen molar-refractivity contribution in [2.75, 3.05) is 4.72 Å². The third-order valence-electron chi connectivity index (χ3n) is 3.54. The molecule has 0 fully saturated rings. The van der Waals surface area contributed by atoms with Crippen LogP contribution < -0.4 is 4.72 Å². The zero-order valence-electron chi connectivity index (χ0n) is 13.4. The molecule has 24 heavy (non-hydrogen) atoms. The Balaban J connectivity index is 1.68. The van der Waals surface area contributed by atoms with Crippen LogP contribution in [0.15, 0.2) is 47.8 Å². The van der Waals surface area contributed by atoms with Gasteiger partial charge in [-0.3, -0.25) is 14.4 Å². The minimum Gasteiger partial charge on any atom is -0.270 e. The maximum Gasteiger partial charge on any atom is 0.264 e. The molecule has 126 valence electrons. The molecule has 0 spiro atoms. The summed E-state index contributed by atoms with van der Waals surface area (Å²) in [4.78, 5) is 6.04. The summed E-state index contributed by atoms with van der Waals surface area (Å²) < 4.78 is 29.2. The van der Waals surface area contributed by atoms with Crippen LogP contribution in [0, 0.1) is 13.8 Å². The molecule has 3 aromatic heterocycles. The SMILES string of the molecule is Cc1cc(S(=O)(=O)Nc2ccn(CCc3ccncc3)n2)c(C)s1. The zero-order valence-corrected chi connectivity index (χ0v) is 15.1. The lowest BCUT2D eigenvalue weighted by Crippen LogP contribution is -2.14. The highest BCUT2D eigenvalue weighted by atomic mass is 32.2. The van der Waals surface area contributed by atoms with Crippen LogP contribution in [0.3, 0.4) is 0 Å². The van der Waals surface area contributed by atoms with E-state index in [9.17, 15) is 8.42 Å². The van der Waals surface area contributed by atoms with E-state index in [4.69, 9.17) is 0 Å². The smallest absolute Gasteiger partial charge is 0.264 e. The number of anilines is 1. The van der Waals surface area contributed by atoms with Crippen molar-refractivity contribution in [1.29, 1.82) is 0 Å². The molecule has 6 nitrogen and oxygen atoms in total. The number of nitrogens with one attached hydrogen (secondary N) is 1. The number of thiophene rings is 1. The minimum atomic E-state index is -3.60. The van der Waals surface area contributed by atoms with Gasteiger partial charge in [-0.1, -0.05) is 0 Å². The van der Waals surface area contributed by atoms with Crippen molar-refractivity contribution in [3.63, 3.8) is 0 Å². The first-order valence-corrected chi connectivity index (χ1v) is 9.76. The van der Waals surface area contributed by atoms with Crippen molar-refractivity contribution >= 4 is 27.2 Å². The van der Waals surface area contributed by atoms with E-state index in [0.717, 1.165) is 21.7 Å². The summed E-state index contributed by atoms with van der Waals surface area (Å²) in [6.07, 6.45) is 6.08. The van der Waals surface area contributed by atoms with Gasteiger partial charge in [0, 0.05) is 41.0 Å². The lowest BCUT2D eigenvalue weighted by Gasteiger charge is -2.05. The van der Waals surface area contributed by atoms with E-state index in [1.165, 1.54) is 11.3 Å². The number of rotatable bonds is 6. The molecular weight excluding hydrogens is 344 g/mol. The van der Waals surface area contributed by atoms with Gasteiger partial charge in [0.05, 0.1) is 0 Å². The van der Waals surface area contributed by atoms with Crippen molar-refractivity contribution in [3.8, 4) is 0 Å². The summed E-state index contributed by atoms with van der Waals surface area (Å²) in [7, 11) is -3.60. The molecule has 0 amide bonds. The predicted molar refractivity (Wildman–Crippen MR) is 94.8 cm³/mol. The van der Waals surface area contributed by atoms with Crippen molar-refractivity contribution in [2.24, 2.45) is 0 Å². The molecule has 0 saturated carbocycles. The Morgan fingerprint density at radius 2 is 1.96 bits per heavy atom. The van der Waals surface area contributed by atoms with Crippen LogP contribution in [0.4, 0.5) is 5.82 Å². The summed E-state index contributed by atoms with van der Waals surface area (Å²) in [6.45, 7) is 4.37. The van der Waals surface area contributed by atoms with E-state index in [0.29, 0.717) is 17.3 Å². The van der Waals surface area contributed by atoms with Gasteiger partial charge in [-0.25, -0.2) is 8.42 Å². The molecule has 8 heteroatoms. The lowest BCUT2D eigenvalue weighted by atomic mass is 10.2. The average molecular weight is 362 g/mol. The van der Waals surface area contributed by atoms with E-state index in [1.54, 1.807) is 42.3 Å². The molecule has 0 saturated heterocycles. The molecule has 3 aromatic rings. The van der Waals surface area contributed by atoms with Gasteiger partial charge in [0.2, 0.25) is 0 Å². The van der Waals surface area contributed by atoms with Gasteiger partial charge < -0.3 is 0 Å². The normalized spacial score (nSPS) is 11.6. The fraction of sp³-hybridized carbons (Fsp3) is 0.250. The first kappa shape index (κ1) is 16.7. The molecule has 0 bridgehead atoms. The van der Waals surface area contributed by atoms with Crippen LogP contribution in [0.25, 0.3) is 0 Å². The Morgan fingerprint density at radius 3 is 2.62 bits per heavy atom. The first-order valence-electron chi connectivity index (χ1n) is 7.46. The third kappa shape index (κ3) is 3.82. The second-order valence-electron chi connectivity index (χ2n) is 5.45. The first-order chi connectivity index (χ1) is 11.4. The topological polar surface area (TPSA) is 76.9 Å². The van der Waals surface area contributed by atoms with Gasteiger partial charge in [0.15, 0.2) is 5.82 Å². The van der Waals surface area contributed by atoms with Crippen molar-refractivity contribution < 1.29 is 8.42 Å². The van der Waals surface area contributed by atoms with E-state index in [-0.39, 0.29) is 0 Å². The van der Waals surface area contributed by atoms with Gasteiger partial charge in [-0.15, -0.1) is 11.3 Å². The van der Waals surface area contributed by atoms with E-state index in [1.807, 2.05) is 19.1 Å². The molecule has 0 atom stereocenters. The Bertz CT molecular complexity index is 930. The largest absolute Gasteiger partial charge is 0.270 e. The molecule has 0 aromatic carbocycles. The van der Waals surface area contributed by atoms with Crippen LogP contribution in [0.2, 0.25) is 0 Å². The molecular formula is C16H18N4O2S2. The lowest BCUT2D eigenvalue weighted by molar-refractivity contribution is 0.599. The highest BCUT2D eigenvalue weighted by Gasteiger charge is 2.20. The van der Waals surface area contributed by atoms with Gasteiger partial charge in [-0.05, 0) is 44.0 Å². The maximum absolute atomic E-state index is 12.5. The maximum atomic E-state index is 12.5. The van der Waals surface area contributed by atoms with Crippen LogP contribution in [-0.4, -0.2) is 23.2 Å². The Morgan fingerprint density at radius 1 is 1.21 bits per heavy atom. The number of aromatic nitrogens is 3. The Kier molecular flexibility index (Phi) is 4.68. The highest BCUT2D eigenvalue weighted by molar-refractivity contribution is 7.93. The molecule has 1 N–H and O–H groups in total. The van der Waals surface area contributed by atoms with Crippen molar-refractivity contribution in [1.82, 2.24) is 14.8 Å². The van der Waals surface area contributed by atoms with Gasteiger partial charge >= 0.3 is 0 Å². The van der Waals surface area contributed by atoms with Crippen LogP contribution in [-0.2, 0) is 23.0 Å². The molecule has 0 aliphatic carbocycles. The second kappa shape index (κ2) is 6.74. The van der Waals surface area contributed by atoms with Crippen LogP contribution in [0.1, 0.15) is 15.3 Å². The number of nitrogens with zero attached hydrogens (tertiary/aromatic N) is 3. The predicted octanol–water partition coefficient (Wildman–Crippen LogP) is 3.00. The molecule has 0 aliphatic rings. The molecule has 3 rings (SSSR count). The Labute approximate surface area is 145 Å². The van der Waals surface area contributed by atoms with Crippen LogP contribution in [0.5, 0.6) is 0 Å². The summed E-state index contributed by atoms with van der Waals surface area (Å²) in [5.74, 6) is 0.327. The standard InChI is InChI=1S/C16H18N4O2S2/c1-12-11-15(13(2)23-12)24(21,22)19-16-6-10-20(18-16)9-5-14-3-7-17-8-4-14/h3-4,6-8,10-11H,5,9H2,1-2H3,(H,18,19). The summed E-state index contributed by atoms with van der Waals surface area (Å²) >= 11 is 1.47. The zero-order chi connectivity index (χ0) is 17.2. The fourth-order valence-electron chi connectivity index (χ4n) is 2.40. The third-order valence-corrected chi connectivity index (χ3v) is 6.12. The number of hydrogen-bond donors (Lipinski definition) is 1. The number of sulfonamides is 1. The quantitative estimate of drug-likeness (QED) is 0.731. The molecule has 0 aliphatic heterocycles. The minimum absolute atomic E-state index is 0.316. The van der Waals surface area contributed by atoms with Crippen molar-refractivity contribution in [2.45, 2.75) is 31.7 Å². The summed E-state index contributed by atoms with van der Waals surface area (Å²) in [5, 5.41) is 4.29. The molecule has 0 unspecified atom stereocenters. The fourth-order valence-corrected chi connectivity index (χ4v) is 4.95. The summed E-state index contributed by atoms with van der Waals surface area (Å²) in [5.41, 5.74) is 1.16. The van der Waals surface area contributed by atoms with E-state index < -0.39 is 10.0 Å². The van der Waals surface area contributed by atoms with Gasteiger partial charge in [0.25, 0.3) is 10.0 Å². The second-order valence-corrected chi connectivity index (χ2v) is 8.56. The monoisotopic (exact) mass is 362 g/mol. The molecule has 3 heterocycles. The van der Waals surface area contributed by atoms with Gasteiger partial charge in [0.1, 0.15) is 4.90 Å². The number of aryl methyl sites for hydroxylation is 4. The number of hydrogen-bond acceptors (Lipinski definition) is 5. The average Bonchev–Trinajstić information content (AvgIpc) is 3.12. The highest BCUT2D eigenvalue weighted by Crippen LogP contribution is 2.26. The van der Waals surface area contributed by atoms with Crippen LogP contribution >= 0.6 is 11.3 Å². The number of pyridine rings is 1. The molecule has 0 radical (unpaired) electrons.